The van der Waals surface area contributed by atoms with Crippen LogP contribution in [0.2, 0.25) is 0 Å². The highest BCUT2D eigenvalue weighted by atomic mass is 16.4. The van der Waals surface area contributed by atoms with Gasteiger partial charge in [0.15, 0.2) is 0 Å². The molecular formula is C9H11BN2O2. The molecule has 2 aromatic rings. The number of hydrogen-bond donors (Lipinski definition) is 2. The lowest BCUT2D eigenvalue weighted by Crippen LogP contribution is -2.29. The molecule has 0 atom stereocenters. The van der Waals surface area contributed by atoms with Gasteiger partial charge in [-0.15, -0.1) is 0 Å². The number of aryl methyl sites for hydroxylation is 1. The van der Waals surface area contributed by atoms with Gasteiger partial charge in [-0.05, 0) is 24.5 Å². The van der Waals surface area contributed by atoms with Crippen LogP contribution < -0.4 is 5.46 Å². The first-order valence-corrected chi connectivity index (χ1v) is 4.53. The number of fused-ring (bicyclic) bond motifs is 1. The van der Waals surface area contributed by atoms with Gasteiger partial charge < -0.3 is 14.6 Å². The van der Waals surface area contributed by atoms with Crippen LogP contribution >= 0.6 is 0 Å². The Morgan fingerprint density at radius 2 is 2.21 bits per heavy atom. The quantitative estimate of drug-likeness (QED) is 0.641. The highest BCUT2D eigenvalue weighted by Crippen LogP contribution is 2.10. The third kappa shape index (κ3) is 1.40. The van der Waals surface area contributed by atoms with Gasteiger partial charge in [0.25, 0.3) is 0 Å². The third-order valence-electron chi connectivity index (χ3n) is 2.28. The highest BCUT2D eigenvalue weighted by Gasteiger charge is 2.12. The number of aromatic nitrogens is 2. The van der Waals surface area contributed by atoms with E-state index in [4.69, 9.17) is 10.0 Å². The fraction of sp³-hybridized carbons (Fsp3) is 0.222. The van der Waals surface area contributed by atoms with Crippen LogP contribution in [0.3, 0.4) is 0 Å². The summed E-state index contributed by atoms with van der Waals surface area (Å²) in [6.45, 7) is 2.84. The van der Waals surface area contributed by atoms with Crippen molar-refractivity contribution in [3.8, 4) is 0 Å². The topological polar surface area (TPSA) is 58.3 Å². The molecule has 0 aliphatic heterocycles. The summed E-state index contributed by atoms with van der Waals surface area (Å²) in [5, 5.41) is 18.0. The molecule has 5 heteroatoms. The summed E-state index contributed by atoms with van der Waals surface area (Å²) in [4.78, 5) is 4.19. The van der Waals surface area contributed by atoms with Crippen molar-refractivity contribution in [1.29, 1.82) is 0 Å². The molecule has 4 nitrogen and oxygen atoms in total. The van der Waals surface area contributed by atoms with Gasteiger partial charge in [-0.1, -0.05) is 6.07 Å². The van der Waals surface area contributed by atoms with Crippen LogP contribution in [0.5, 0.6) is 0 Å². The second-order valence-corrected chi connectivity index (χ2v) is 3.15. The summed E-state index contributed by atoms with van der Waals surface area (Å²) >= 11 is 0. The standard InChI is InChI=1S/C9H11BN2O2/c1-2-12-6-11-8-4-3-7(10(13)14)5-9(8)12/h3-6,13-14H,2H2,1H3. The van der Waals surface area contributed by atoms with Gasteiger partial charge in [0.1, 0.15) is 0 Å². The Hall–Kier alpha value is -1.33. The largest absolute Gasteiger partial charge is 0.488 e. The van der Waals surface area contributed by atoms with E-state index in [1.165, 1.54) is 0 Å². The van der Waals surface area contributed by atoms with E-state index in [0.717, 1.165) is 17.6 Å². The Labute approximate surface area is 82.0 Å². The maximum absolute atomic E-state index is 9.01. The molecule has 14 heavy (non-hydrogen) atoms. The Kier molecular flexibility index (Phi) is 2.27. The average molecular weight is 190 g/mol. The SMILES string of the molecule is CCn1cnc2ccc(B(O)O)cc21. The number of nitrogens with zero attached hydrogens (tertiary/aromatic N) is 2. The van der Waals surface area contributed by atoms with E-state index >= 15 is 0 Å². The Morgan fingerprint density at radius 1 is 1.43 bits per heavy atom. The van der Waals surface area contributed by atoms with Crippen molar-refractivity contribution in [2.75, 3.05) is 0 Å². The summed E-state index contributed by atoms with van der Waals surface area (Å²) < 4.78 is 1.96. The van der Waals surface area contributed by atoms with Crippen molar-refractivity contribution in [2.24, 2.45) is 0 Å². The third-order valence-corrected chi connectivity index (χ3v) is 2.28. The minimum absolute atomic E-state index is 0.493. The minimum Gasteiger partial charge on any atom is -0.423 e. The van der Waals surface area contributed by atoms with Crippen LogP contribution in [0.25, 0.3) is 11.0 Å². The van der Waals surface area contributed by atoms with Crippen molar-refractivity contribution in [1.82, 2.24) is 9.55 Å². The summed E-state index contributed by atoms with van der Waals surface area (Å²) in [5.74, 6) is 0. The molecule has 0 bridgehead atoms. The first-order chi connectivity index (χ1) is 6.72. The molecule has 0 aliphatic carbocycles. The molecule has 0 amide bonds. The van der Waals surface area contributed by atoms with Crippen molar-refractivity contribution >= 4 is 23.6 Å². The molecule has 72 valence electrons. The molecule has 0 spiro atoms. The maximum Gasteiger partial charge on any atom is 0.488 e. The second-order valence-electron chi connectivity index (χ2n) is 3.15. The second kappa shape index (κ2) is 3.44. The highest BCUT2D eigenvalue weighted by molar-refractivity contribution is 6.58. The van der Waals surface area contributed by atoms with Gasteiger partial charge in [0.05, 0.1) is 17.4 Å². The van der Waals surface area contributed by atoms with E-state index in [-0.39, 0.29) is 0 Å². The van der Waals surface area contributed by atoms with Gasteiger partial charge in [-0.2, -0.15) is 0 Å². The number of rotatable bonds is 2. The molecule has 1 aromatic carbocycles. The van der Waals surface area contributed by atoms with E-state index in [1.54, 1.807) is 24.5 Å². The van der Waals surface area contributed by atoms with Gasteiger partial charge >= 0.3 is 7.12 Å². The fourth-order valence-corrected chi connectivity index (χ4v) is 1.49. The number of hydrogen-bond acceptors (Lipinski definition) is 3. The molecule has 1 heterocycles. The molecule has 0 radical (unpaired) electrons. The van der Waals surface area contributed by atoms with Crippen LogP contribution in [-0.4, -0.2) is 26.7 Å². The monoisotopic (exact) mass is 190 g/mol. The first-order valence-electron chi connectivity index (χ1n) is 4.53. The normalized spacial score (nSPS) is 10.8. The van der Waals surface area contributed by atoms with Crippen LogP contribution in [0.15, 0.2) is 24.5 Å². The Morgan fingerprint density at radius 3 is 2.86 bits per heavy atom. The van der Waals surface area contributed by atoms with Crippen LogP contribution in [0.1, 0.15) is 6.92 Å². The molecule has 2 N–H and O–H groups in total. The van der Waals surface area contributed by atoms with Crippen molar-refractivity contribution in [3.63, 3.8) is 0 Å². The summed E-state index contributed by atoms with van der Waals surface area (Å²) in [7, 11) is -1.42. The lowest BCUT2D eigenvalue weighted by molar-refractivity contribution is 0.426. The van der Waals surface area contributed by atoms with Gasteiger partial charge in [-0.25, -0.2) is 4.98 Å². The van der Waals surface area contributed by atoms with E-state index in [0.29, 0.717) is 5.46 Å². The molecule has 0 saturated heterocycles. The predicted octanol–water partition coefficient (Wildman–Crippen LogP) is -0.264. The zero-order valence-corrected chi connectivity index (χ0v) is 7.88. The lowest BCUT2D eigenvalue weighted by atomic mass is 9.80. The van der Waals surface area contributed by atoms with Gasteiger partial charge in [-0.3, -0.25) is 0 Å². The summed E-state index contributed by atoms with van der Waals surface area (Å²) in [5.41, 5.74) is 2.29. The van der Waals surface area contributed by atoms with Gasteiger partial charge in [0, 0.05) is 6.54 Å². The van der Waals surface area contributed by atoms with E-state index in [1.807, 2.05) is 11.5 Å². The zero-order valence-electron chi connectivity index (χ0n) is 7.88. The van der Waals surface area contributed by atoms with Crippen LogP contribution in [0.4, 0.5) is 0 Å². The van der Waals surface area contributed by atoms with Gasteiger partial charge in [0.2, 0.25) is 0 Å². The summed E-state index contributed by atoms with van der Waals surface area (Å²) in [6.07, 6.45) is 1.75. The smallest absolute Gasteiger partial charge is 0.423 e. The lowest BCUT2D eigenvalue weighted by Gasteiger charge is -2.01. The maximum atomic E-state index is 9.01. The molecular weight excluding hydrogens is 179 g/mol. The van der Waals surface area contributed by atoms with E-state index in [2.05, 4.69) is 4.98 Å². The fourth-order valence-electron chi connectivity index (χ4n) is 1.49. The van der Waals surface area contributed by atoms with Crippen molar-refractivity contribution in [3.05, 3.63) is 24.5 Å². The molecule has 0 fully saturated rings. The average Bonchev–Trinajstić information content (AvgIpc) is 2.59. The van der Waals surface area contributed by atoms with Crippen LogP contribution in [-0.2, 0) is 6.54 Å². The molecule has 0 aliphatic rings. The summed E-state index contributed by atoms with van der Waals surface area (Å²) in [6, 6.07) is 5.20. The Bertz CT molecular complexity index is 453. The van der Waals surface area contributed by atoms with E-state index < -0.39 is 7.12 Å². The predicted molar refractivity (Wildman–Crippen MR) is 55.2 cm³/mol. The van der Waals surface area contributed by atoms with Crippen LogP contribution in [0, 0.1) is 0 Å². The molecule has 1 aromatic heterocycles. The van der Waals surface area contributed by atoms with E-state index in [9.17, 15) is 0 Å². The van der Waals surface area contributed by atoms with Crippen molar-refractivity contribution in [2.45, 2.75) is 13.5 Å². The molecule has 0 saturated carbocycles. The first kappa shape index (κ1) is 9.24. The minimum atomic E-state index is -1.42. The molecule has 2 rings (SSSR count). The zero-order chi connectivity index (χ0) is 10.1. The number of benzene rings is 1. The van der Waals surface area contributed by atoms with Crippen molar-refractivity contribution < 1.29 is 10.0 Å². The Balaban J connectivity index is 2.61. The number of imidazole rings is 1. The molecule has 0 unspecified atom stereocenters.